The van der Waals surface area contributed by atoms with E-state index in [1.54, 1.807) is 28.6 Å². The maximum Gasteiger partial charge on any atom is 0.243 e. The van der Waals surface area contributed by atoms with E-state index in [0.717, 1.165) is 26.1 Å². The van der Waals surface area contributed by atoms with Crippen LogP contribution in [0, 0.1) is 11.8 Å². The Hall–Kier alpha value is -1.44. The molecule has 1 amide bonds. The molecule has 0 aromatic heterocycles. The van der Waals surface area contributed by atoms with Crippen molar-refractivity contribution in [2.45, 2.75) is 25.2 Å². The number of rotatable bonds is 5. The van der Waals surface area contributed by atoms with Crippen molar-refractivity contribution in [1.29, 1.82) is 0 Å². The maximum absolute atomic E-state index is 12.7. The molecule has 2 atom stereocenters. The molecule has 1 aliphatic carbocycles. The van der Waals surface area contributed by atoms with Crippen molar-refractivity contribution in [3.8, 4) is 0 Å². The molecule has 2 fully saturated rings. The van der Waals surface area contributed by atoms with E-state index in [1.165, 1.54) is 0 Å². The van der Waals surface area contributed by atoms with Crippen LogP contribution in [0.1, 0.15) is 20.3 Å². The number of carbonyl (C=O) groups is 1. The van der Waals surface area contributed by atoms with Crippen LogP contribution in [0.5, 0.6) is 0 Å². The van der Waals surface area contributed by atoms with Crippen molar-refractivity contribution in [1.82, 2.24) is 9.21 Å². The molecule has 132 valence electrons. The van der Waals surface area contributed by atoms with Gasteiger partial charge in [0, 0.05) is 37.8 Å². The van der Waals surface area contributed by atoms with Gasteiger partial charge in [-0.1, -0.05) is 13.8 Å². The van der Waals surface area contributed by atoms with Gasteiger partial charge < -0.3 is 10.2 Å². The molecule has 1 aromatic rings. The smallest absolute Gasteiger partial charge is 0.243 e. The van der Waals surface area contributed by atoms with Gasteiger partial charge in [0.2, 0.25) is 15.9 Å². The standard InChI is InChI=1S/C17H25N3O3S/c1-3-19-8-10-20(11-9-19)24(22,23)15-6-4-14(5-7-15)18-17(21)16-12-13(16)2/h4-7,13,16H,3,8-12H2,1-2H3,(H,18,21). The Morgan fingerprint density at radius 3 is 2.25 bits per heavy atom. The molecule has 6 nitrogen and oxygen atoms in total. The highest BCUT2D eigenvalue weighted by molar-refractivity contribution is 7.89. The van der Waals surface area contributed by atoms with Crippen LogP contribution in [-0.4, -0.2) is 56.3 Å². The first-order valence-electron chi connectivity index (χ1n) is 8.55. The minimum Gasteiger partial charge on any atom is -0.326 e. The van der Waals surface area contributed by atoms with Crippen LogP contribution in [0.15, 0.2) is 29.2 Å². The Kier molecular flexibility index (Phi) is 4.94. The average Bonchev–Trinajstić information content (AvgIpc) is 3.32. The summed E-state index contributed by atoms with van der Waals surface area (Å²) in [6.07, 6.45) is 0.933. The van der Waals surface area contributed by atoms with Crippen molar-refractivity contribution in [3.05, 3.63) is 24.3 Å². The molecule has 1 N–H and O–H groups in total. The van der Waals surface area contributed by atoms with E-state index in [-0.39, 0.29) is 16.7 Å². The zero-order valence-electron chi connectivity index (χ0n) is 14.2. The predicted molar refractivity (Wildman–Crippen MR) is 93.2 cm³/mol. The van der Waals surface area contributed by atoms with E-state index in [4.69, 9.17) is 0 Å². The topological polar surface area (TPSA) is 69.7 Å². The highest BCUT2D eigenvalue weighted by atomic mass is 32.2. The van der Waals surface area contributed by atoms with Crippen LogP contribution < -0.4 is 5.32 Å². The second kappa shape index (κ2) is 6.82. The summed E-state index contributed by atoms with van der Waals surface area (Å²) in [4.78, 5) is 14.5. The highest BCUT2D eigenvalue weighted by Gasteiger charge is 2.39. The number of sulfonamides is 1. The lowest BCUT2D eigenvalue weighted by molar-refractivity contribution is -0.117. The van der Waals surface area contributed by atoms with E-state index in [0.29, 0.717) is 24.7 Å². The van der Waals surface area contributed by atoms with Crippen LogP contribution in [0.4, 0.5) is 5.69 Å². The molecule has 0 radical (unpaired) electrons. The Morgan fingerprint density at radius 1 is 1.17 bits per heavy atom. The number of anilines is 1. The molecule has 1 saturated carbocycles. The largest absolute Gasteiger partial charge is 0.326 e. The summed E-state index contributed by atoms with van der Waals surface area (Å²) in [6.45, 7) is 7.66. The third-order valence-electron chi connectivity index (χ3n) is 4.98. The molecule has 1 saturated heterocycles. The molecule has 1 aliphatic heterocycles. The van der Waals surface area contributed by atoms with Crippen LogP contribution in [0.3, 0.4) is 0 Å². The molecule has 3 rings (SSSR count). The van der Waals surface area contributed by atoms with Crippen molar-refractivity contribution >= 4 is 21.6 Å². The SMILES string of the molecule is CCN1CCN(S(=O)(=O)c2ccc(NC(=O)C3CC3C)cc2)CC1. The highest BCUT2D eigenvalue weighted by Crippen LogP contribution is 2.38. The number of nitrogens with one attached hydrogen (secondary N) is 1. The number of benzene rings is 1. The fourth-order valence-electron chi connectivity index (χ4n) is 3.07. The van der Waals surface area contributed by atoms with Gasteiger partial charge in [-0.05, 0) is 43.1 Å². The lowest BCUT2D eigenvalue weighted by atomic mass is 10.3. The normalized spacial score (nSPS) is 25.4. The number of piperazine rings is 1. The molecular weight excluding hydrogens is 326 g/mol. The van der Waals surface area contributed by atoms with Crippen LogP contribution in [0.2, 0.25) is 0 Å². The van der Waals surface area contributed by atoms with Gasteiger partial charge in [0.15, 0.2) is 0 Å². The van der Waals surface area contributed by atoms with Gasteiger partial charge in [-0.15, -0.1) is 0 Å². The van der Waals surface area contributed by atoms with E-state index in [9.17, 15) is 13.2 Å². The molecule has 1 aromatic carbocycles. The van der Waals surface area contributed by atoms with E-state index in [1.807, 2.05) is 0 Å². The molecular formula is C17H25N3O3S. The van der Waals surface area contributed by atoms with Crippen molar-refractivity contribution < 1.29 is 13.2 Å². The fraction of sp³-hybridized carbons (Fsp3) is 0.588. The fourth-order valence-corrected chi connectivity index (χ4v) is 4.49. The Morgan fingerprint density at radius 2 is 1.75 bits per heavy atom. The van der Waals surface area contributed by atoms with Gasteiger partial charge >= 0.3 is 0 Å². The average molecular weight is 351 g/mol. The summed E-state index contributed by atoms with van der Waals surface area (Å²) >= 11 is 0. The molecule has 0 spiro atoms. The molecule has 0 bridgehead atoms. The number of hydrogen-bond donors (Lipinski definition) is 1. The van der Waals surface area contributed by atoms with Gasteiger partial charge in [0.1, 0.15) is 0 Å². The van der Waals surface area contributed by atoms with Crippen LogP contribution in [-0.2, 0) is 14.8 Å². The van der Waals surface area contributed by atoms with Crippen molar-refractivity contribution in [2.24, 2.45) is 11.8 Å². The van der Waals surface area contributed by atoms with E-state index < -0.39 is 10.0 Å². The van der Waals surface area contributed by atoms with Gasteiger partial charge in [-0.3, -0.25) is 4.79 Å². The van der Waals surface area contributed by atoms with Gasteiger partial charge in [0.25, 0.3) is 0 Å². The summed E-state index contributed by atoms with van der Waals surface area (Å²) in [5.74, 6) is 0.573. The summed E-state index contributed by atoms with van der Waals surface area (Å²) in [5.41, 5.74) is 0.647. The first-order chi connectivity index (χ1) is 11.4. The predicted octanol–water partition coefficient (Wildman–Crippen LogP) is 1.61. The monoisotopic (exact) mass is 351 g/mol. The third-order valence-corrected chi connectivity index (χ3v) is 6.90. The summed E-state index contributed by atoms with van der Waals surface area (Å²) < 4.78 is 26.9. The zero-order valence-corrected chi connectivity index (χ0v) is 15.1. The van der Waals surface area contributed by atoms with Crippen LogP contribution in [0.25, 0.3) is 0 Å². The first-order valence-corrected chi connectivity index (χ1v) is 9.99. The zero-order chi connectivity index (χ0) is 17.3. The molecule has 24 heavy (non-hydrogen) atoms. The van der Waals surface area contributed by atoms with Crippen molar-refractivity contribution in [3.63, 3.8) is 0 Å². The molecule has 7 heteroatoms. The lowest BCUT2D eigenvalue weighted by Crippen LogP contribution is -2.48. The van der Waals surface area contributed by atoms with Gasteiger partial charge in [-0.25, -0.2) is 8.42 Å². The second-order valence-electron chi connectivity index (χ2n) is 6.67. The Labute approximate surface area is 143 Å². The lowest BCUT2D eigenvalue weighted by Gasteiger charge is -2.33. The maximum atomic E-state index is 12.7. The third kappa shape index (κ3) is 3.63. The minimum absolute atomic E-state index is 0.0220. The van der Waals surface area contributed by atoms with Gasteiger partial charge in [0.05, 0.1) is 4.90 Å². The minimum atomic E-state index is -3.46. The number of amides is 1. The number of nitrogens with zero attached hydrogens (tertiary/aromatic N) is 2. The summed E-state index contributed by atoms with van der Waals surface area (Å²) in [6, 6.07) is 6.49. The molecule has 2 aliphatic rings. The number of carbonyl (C=O) groups excluding carboxylic acids is 1. The van der Waals surface area contributed by atoms with Gasteiger partial charge in [-0.2, -0.15) is 4.31 Å². The number of hydrogen-bond acceptors (Lipinski definition) is 4. The Bertz CT molecular complexity index is 694. The summed E-state index contributed by atoms with van der Waals surface area (Å²) in [7, 11) is -3.46. The van der Waals surface area contributed by atoms with E-state index in [2.05, 4.69) is 24.1 Å². The van der Waals surface area contributed by atoms with E-state index >= 15 is 0 Å². The molecule has 2 unspecified atom stereocenters. The summed E-state index contributed by atoms with van der Waals surface area (Å²) in [5, 5.41) is 2.85. The Balaban J connectivity index is 1.65. The first kappa shape index (κ1) is 17.4. The van der Waals surface area contributed by atoms with Crippen molar-refractivity contribution in [2.75, 3.05) is 38.0 Å². The molecule has 1 heterocycles. The van der Waals surface area contributed by atoms with Crippen LogP contribution >= 0.6 is 0 Å². The second-order valence-corrected chi connectivity index (χ2v) is 8.61. The quantitative estimate of drug-likeness (QED) is 0.875. The number of likely N-dealkylation sites (N-methyl/N-ethyl adjacent to an activating group) is 1.